The fourth-order valence-electron chi connectivity index (χ4n) is 3.27. The molecule has 0 bridgehead atoms. The van der Waals surface area contributed by atoms with Crippen molar-refractivity contribution >= 4 is 0 Å². The monoisotopic (exact) mass is 237 g/mol. The maximum Gasteiger partial charge on any atom is 0.252 e. The summed E-state index contributed by atoms with van der Waals surface area (Å²) in [5, 5.41) is 0. The van der Waals surface area contributed by atoms with Crippen LogP contribution < -0.4 is 0 Å². The van der Waals surface area contributed by atoms with Gasteiger partial charge in [0.1, 0.15) is 0 Å². The highest BCUT2D eigenvalue weighted by Crippen LogP contribution is 2.48. The van der Waals surface area contributed by atoms with E-state index in [0.29, 0.717) is 13.0 Å². The van der Waals surface area contributed by atoms with Crippen LogP contribution in [0.25, 0.3) is 0 Å². The Hall–Kier alpha value is -0.960. The van der Waals surface area contributed by atoms with Gasteiger partial charge in [0.05, 0.1) is 0 Å². The number of nitrogens with zero attached hydrogens (tertiary/aromatic N) is 1. The average Bonchev–Trinajstić information content (AvgIpc) is 2.82. The molecule has 1 saturated heterocycles. The SMILES string of the molecule is FC1(F)CCC2CN(Cc3ccccc3)CC21. The molecular formula is C14H17F2N. The fraction of sp³-hybridized carbons (Fsp3) is 0.571. The van der Waals surface area contributed by atoms with Crippen LogP contribution in [0, 0.1) is 11.8 Å². The first-order valence-electron chi connectivity index (χ1n) is 6.29. The highest BCUT2D eigenvalue weighted by Gasteiger charge is 2.53. The van der Waals surface area contributed by atoms with E-state index in [9.17, 15) is 8.78 Å². The molecule has 3 heteroatoms. The molecule has 0 amide bonds. The minimum atomic E-state index is -2.42. The highest BCUT2D eigenvalue weighted by molar-refractivity contribution is 5.15. The van der Waals surface area contributed by atoms with Crippen molar-refractivity contribution in [2.75, 3.05) is 13.1 Å². The summed E-state index contributed by atoms with van der Waals surface area (Å²) in [5.74, 6) is -2.60. The van der Waals surface area contributed by atoms with Gasteiger partial charge >= 0.3 is 0 Å². The van der Waals surface area contributed by atoms with Crippen molar-refractivity contribution in [2.24, 2.45) is 11.8 Å². The van der Waals surface area contributed by atoms with Crippen LogP contribution in [0.5, 0.6) is 0 Å². The van der Waals surface area contributed by atoms with Gasteiger partial charge in [0.25, 0.3) is 5.92 Å². The maximum atomic E-state index is 13.6. The van der Waals surface area contributed by atoms with E-state index in [1.165, 1.54) is 5.56 Å². The second kappa shape index (κ2) is 4.05. The van der Waals surface area contributed by atoms with Gasteiger partial charge in [0.15, 0.2) is 0 Å². The van der Waals surface area contributed by atoms with E-state index in [-0.39, 0.29) is 12.3 Å². The molecule has 0 aromatic heterocycles. The van der Waals surface area contributed by atoms with Gasteiger partial charge in [-0.15, -0.1) is 0 Å². The maximum absolute atomic E-state index is 13.6. The second-order valence-electron chi connectivity index (χ2n) is 5.35. The predicted octanol–water partition coefficient (Wildman–Crippen LogP) is 3.16. The molecule has 1 aliphatic carbocycles. The molecule has 1 heterocycles. The number of likely N-dealkylation sites (tertiary alicyclic amines) is 1. The Morgan fingerprint density at radius 2 is 1.94 bits per heavy atom. The van der Waals surface area contributed by atoms with Gasteiger partial charge in [-0.3, -0.25) is 4.90 Å². The molecule has 17 heavy (non-hydrogen) atoms. The Morgan fingerprint density at radius 1 is 1.18 bits per heavy atom. The molecule has 92 valence electrons. The standard InChI is InChI=1S/C14H17F2N/c15-14(16)7-6-12-9-17(10-13(12)14)8-11-4-2-1-3-5-11/h1-5,12-13H,6-10H2. The Balaban J connectivity index is 1.66. The molecule has 0 spiro atoms. The summed E-state index contributed by atoms with van der Waals surface area (Å²) in [6.45, 7) is 2.21. The summed E-state index contributed by atoms with van der Waals surface area (Å²) in [6.07, 6.45) is 0.796. The Bertz CT molecular complexity index is 390. The number of benzene rings is 1. The molecule has 0 radical (unpaired) electrons. The fourth-order valence-corrected chi connectivity index (χ4v) is 3.27. The molecule has 0 N–H and O–H groups in total. The largest absolute Gasteiger partial charge is 0.298 e. The third kappa shape index (κ3) is 2.08. The minimum Gasteiger partial charge on any atom is -0.298 e. The zero-order valence-corrected chi connectivity index (χ0v) is 9.78. The smallest absolute Gasteiger partial charge is 0.252 e. The predicted molar refractivity (Wildman–Crippen MR) is 62.9 cm³/mol. The number of halogens is 2. The van der Waals surface area contributed by atoms with Crippen LogP contribution in [0.2, 0.25) is 0 Å². The lowest BCUT2D eigenvalue weighted by atomic mass is 9.99. The van der Waals surface area contributed by atoms with Gasteiger partial charge in [0.2, 0.25) is 0 Å². The third-order valence-electron chi connectivity index (χ3n) is 4.16. The lowest BCUT2D eigenvalue weighted by Crippen LogP contribution is -2.28. The van der Waals surface area contributed by atoms with Crippen LogP contribution in [0.15, 0.2) is 30.3 Å². The van der Waals surface area contributed by atoms with Crippen molar-refractivity contribution in [1.82, 2.24) is 4.90 Å². The van der Waals surface area contributed by atoms with Crippen molar-refractivity contribution in [3.8, 4) is 0 Å². The second-order valence-corrected chi connectivity index (χ2v) is 5.35. The lowest BCUT2D eigenvalue weighted by molar-refractivity contribution is -0.0400. The topological polar surface area (TPSA) is 3.24 Å². The number of hydrogen-bond acceptors (Lipinski definition) is 1. The van der Waals surface area contributed by atoms with Gasteiger partial charge in [-0.05, 0) is 17.9 Å². The van der Waals surface area contributed by atoms with Crippen LogP contribution in [0.3, 0.4) is 0 Å². The summed E-state index contributed by atoms with van der Waals surface area (Å²) >= 11 is 0. The van der Waals surface area contributed by atoms with Crippen LogP contribution in [-0.2, 0) is 6.54 Å². The van der Waals surface area contributed by atoms with Crippen molar-refractivity contribution in [3.05, 3.63) is 35.9 Å². The van der Waals surface area contributed by atoms with Gasteiger partial charge in [-0.2, -0.15) is 0 Å². The summed E-state index contributed by atoms with van der Waals surface area (Å²) < 4.78 is 27.2. The molecule has 2 aliphatic rings. The Morgan fingerprint density at radius 3 is 2.65 bits per heavy atom. The minimum absolute atomic E-state index is 0.0987. The van der Waals surface area contributed by atoms with Crippen molar-refractivity contribution in [3.63, 3.8) is 0 Å². The van der Waals surface area contributed by atoms with E-state index in [1.54, 1.807) is 0 Å². The normalized spacial score (nSPS) is 31.6. The van der Waals surface area contributed by atoms with E-state index in [2.05, 4.69) is 17.0 Å². The molecule has 2 fully saturated rings. The summed E-state index contributed by atoms with van der Waals surface area (Å²) in [7, 11) is 0. The quantitative estimate of drug-likeness (QED) is 0.763. The number of hydrogen-bond donors (Lipinski definition) is 0. The lowest BCUT2D eigenvalue weighted by Gasteiger charge is -2.20. The number of alkyl halides is 2. The summed E-state index contributed by atoms with van der Waals surface area (Å²) in [4.78, 5) is 2.18. The van der Waals surface area contributed by atoms with Crippen molar-refractivity contribution in [2.45, 2.75) is 25.3 Å². The van der Waals surface area contributed by atoms with E-state index in [1.807, 2.05) is 18.2 Å². The summed E-state index contributed by atoms with van der Waals surface area (Å²) in [5.41, 5.74) is 1.22. The zero-order chi connectivity index (χ0) is 11.9. The molecule has 1 aliphatic heterocycles. The molecule has 1 nitrogen and oxygen atoms in total. The molecule has 1 saturated carbocycles. The number of rotatable bonds is 2. The van der Waals surface area contributed by atoms with E-state index in [4.69, 9.17) is 0 Å². The van der Waals surface area contributed by atoms with Gasteiger partial charge in [-0.1, -0.05) is 30.3 Å². The molecule has 1 aromatic carbocycles. The van der Waals surface area contributed by atoms with E-state index in [0.717, 1.165) is 13.1 Å². The first-order valence-corrected chi connectivity index (χ1v) is 6.29. The molecule has 2 unspecified atom stereocenters. The molecule has 3 rings (SSSR count). The van der Waals surface area contributed by atoms with Gasteiger partial charge in [0, 0.05) is 32.0 Å². The van der Waals surface area contributed by atoms with Crippen LogP contribution >= 0.6 is 0 Å². The Labute approximate surface area is 100 Å². The molecule has 1 aromatic rings. The first kappa shape index (κ1) is 11.1. The van der Waals surface area contributed by atoms with Crippen LogP contribution in [0.4, 0.5) is 8.78 Å². The third-order valence-corrected chi connectivity index (χ3v) is 4.16. The number of fused-ring (bicyclic) bond motifs is 1. The van der Waals surface area contributed by atoms with E-state index >= 15 is 0 Å². The average molecular weight is 237 g/mol. The molecular weight excluding hydrogens is 220 g/mol. The first-order chi connectivity index (χ1) is 8.15. The van der Waals surface area contributed by atoms with Gasteiger partial charge < -0.3 is 0 Å². The van der Waals surface area contributed by atoms with Crippen molar-refractivity contribution < 1.29 is 8.78 Å². The van der Waals surface area contributed by atoms with E-state index < -0.39 is 11.8 Å². The van der Waals surface area contributed by atoms with Crippen LogP contribution in [0.1, 0.15) is 18.4 Å². The van der Waals surface area contributed by atoms with Crippen LogP contribution in [-0.4, -0.2) is 23.9 Å². The molecule has 2 atom stereocenters. The summed E-state index contributed by atoms with van der Waals surface area (Å²) in [6, 6.07) is 10.1. The zero-order valence-electron chi connectivity index (χ0n) is 9.78. The highest BCUT2D eigenvalue weighted by atomic mass is 19.3. The van der Waals surface area contributed by atoms with Crippen molar-refractivity contribution in [1.29, 1.82) is 0 Å². The van der Waals surface area contributed by atoms with Gasteiger partial charge in [-0.25, -0.2) is 8.78 Å². The Kier molecular flexibility index (Phi) is 2.66.